The van der Waals surface area contributed by atoms with E-state index < -0.39 is 0 Å². The number of anilines is 3. The molecule has 0 aliphatic carbocycles. The Morgan fingerprint density at radius 1 is 1.19 bits per heavy atom. The summed E-state index contributed by atoms with van der Waals surface area (Å²) in [4.78, 5) is 34.3. The summed E-state index contributed by atoms with van der Waals surface area (Å²) in [5.41, 5.74) is 4.73. The van der Waals surface area contributed by atoms with Gasteiger partial charge in [-0.25, -0.2) is 4.98 Å². The molecule has 0 saturated carbocycles. The van der Waals surface area contributed by atoms with E-state index in [4.69, 9.17) is 9.47 Å². The van der Waals surface area contributed by atoms with Crippen LogP contribution < -0.4 is 20.7 Å². The van der Waals surface area contributed by atoms with Crippen LogP contribution in [0, 0.1) is 6.92 Å². The number of amides is 1. The Balaban J connectivity index is 1.59. The van der Waals surface area contributed by atoms with Crippen LogP contribution >= 0.6 is 0 Å². The average Bonchev–Trinajstić information content (AvgIpc) is 2.90. The largest absolute Gasteiger partial charge is 0.383 e. The first kappa shape index (κ1) is 25.4. The fraction of sp³-hybridized carbons (Fsp3) is 0.370. The lowest BCUT2D eigenvalue weighted by Crippen LogP contribution is -2.40. The van der Waals surface area contributed by atoms with Crippen molar-refractivity contribution < 1.29 is 14.3 Å². The van der Waals surface area contributed by atoms with Crippen LogP contribution in [0.2, 0.25) is 0 Å². The average molecular weight is 492 g/mol. The molecule has 1 N–H and O–H groups in total. The van der Waals surface area contributed by atoms with Crippen molar-refractivity contribution in [2.45, 2.75) is 6.92 Å². The quantitative estimate of drug-likeness (QED) is 0.518. The van der Waals surface area contributed by atoms with Crippen molar-refractivity contribution in [3.05, 3.63) is 70.3 Å². The Bertz CT molecular complexity index is 1280. The maximum absolute atomic E-state index is 13.0. The number of benzene rings is 1. The number of rotatable bonds is 8. The van der Waals surface area contributed by atoms with Gasteiger partial charge in [-0.3, -0.25) is 9.59 Å². The smallest absolute Gasteiger partial charge is 0.273 e. The maximum Gasteiger partial charge on any atom is 0.273 e. The van der Waals surface area contributed by atoms with Crippen molar-refractivity contribution in [2.75, 3.05) is 68.7 Å². The molecule has 1 amide bonds. The maximum atomic E-state index is 13.0. The van der Waals surface area contributed by atoms with Crippen LogP contribution in [0.1, 0.15) is 15.9 Å². The van der Waals surface area contributed by atoms with Crippen molar-refractivity contribution in [2.24, 2.45) is 7.05 Å². The van der Waals surface area contributed by atoms with Gasteiger partial charge < -0.3 is 29.2 Å². The predicted octanol–water partition coefficient (Wildman–Crippen LogP) is 2.93. The van der Waals surface area contributed by atoms with E-state index >= 15 is 0 Å². The molecule has 0 bridgehead atoms. The minimum absolute atomic E-state index is 0.0354. The standard InChI is InChI=1S/C27H33N5O4/c1-19-5-6-22(29-26(33)20-7-8-28-25(16-20)30(2)9-12-35-4)17-23(19)21-15-24(27(34)31(3)18-21)32-10-13-36-14-11-32/h5-8,15-18H,9-14H2,1-4H3,(H,29,33). The third kappa shape index (κ3) is 5.75. The lowest BCUT2D eigenvalue weighted by Gasteiger charge is -2.29. The van der Waals surface area contributed by atoms with Crippen LogP contribution in [0.4, 0.5) is 17.2 Å². The molecular weight excluding hydrogens is 458 g/mol. The number of nitrogens with one attached hydrogen (secondary N) is 1. The van der Waals surface area contributed by atoms with Crippen LogP contribution in [0.15, 0.2) is 53.6 Å². The van der Waals surface area contributed by atoms with Crippen molar-refractivity contribution >= 4 is 23.1 Å². The number of methoxy groups -OCH3 is 1. The molecular formula is C27H33N5O4. The molecule has 1 aromatic carbocycles. The third-order valence-corrected chi connectivity index (χ3v) is 6.35. The molecule has 4 rings (SSSR count). The third-order valence-electron chi connectivity index (χ3n) is 6.35. The van der Waals surface area contributed by atoms with Gasteiger partial charge in [-0.15, -0.1) is 0 Å². The number of hydrogen-bond acceptors (Lipinski definition) is 7. The number of likely N-dealkylation sites (N-methyl/N-ethyl adjacent to an activating group) is 1. The minimum atomic E-state index is -0.219. The zero-order valence-electron chi connectivity index (χ0n) is 21.3. The SMILES string of the molecule is COCCN(C)c1cc(C(=O)Nc2ccc(C)c(-c3cc(N4CCOCC4)c(=O)n(C)c3)c2)ccn1. The molecule has 0 radical (unpaired) electrons. The van der Waals surface area contributed by atoms with Gasteiger partial charge in [-0.2, -0.15) is 0 Å². The lowest BCUT2D eigenvalue weighted by molar-refractivity contribution is 0.102. The van der Waals surface area contributed by atoms with Gasteiger partial charge in [0.25, 0.3) is 11.5 Å². The number of ether oxygens (including phenoxy) is 2. The fourth-order valence-corrected chi connectivity index (χ4v) is 4.20. The molecule has 1 aliphatic heterocycles. The van der Waals surface area contributed by atoms with Gasteiger partial charge in [0.15, 0.2) is 0 Å². The second-order valence-electron chi connectivity index (χ2n) is 8.93. The van der Waals surface area contributed by atoms with Gasteiger partial charge >= 0.3 is 0 Å². The first-order valence-electron chi connectivity index (χ1n) is 12.0. The molecule has 1 fully saturated rings. The zero-order chi connectivity index (χ0) is 25.7. The highest BCUT2D eigenvalue weighted by Crippen LogP contribution is 2.29. The zero-order valence-corrected chi connectivity index (χ0v) is 21.3. The summed E-state index contributed by atoms with van der Waals surface area (Å²) in [7, 11) is 5.33. The van der Waals surface area contributed by atoms with Gasteiger partial charge in [0.1, 0.15) is 11.5 Å². The summed E-state index contributed by atoms with van der Waals surface area (Å²) in [6, 6.07) is 11.2. The molecule has 9 nitrogen and oxygen atoms in total. The number of aromatic nitrogens is 2. The minimum Gasteiger partial charge on any atom is -0.383 e. The molecule has 0 atom stereocenters. The lowest BCUT2D eigenvalue weighted by atomic mass is 10.0. The van der Waals surface area contributed by atoms with E-state index in [0.29, 0.717) is 62.2 Å². The molecule has 1 aliphatic rings. The highest BCUT2D eigenvalue weighted by atomic mass is 16.5. The Morgan fingerprint density at radius 2 is 1.97 bits per heavy atom. The van der Waals surface area contributed by atoms with E-state index in [-0.39, 0.29) is 11.5 Å². The van der Waals surface area contributed by atoms with Crippen molar-refractivity contribution in [3.63, 3.8) is 0 Å². The second kappa shape index (κ2) is 11.4. The van der Waals surface area contributed by atoms with Crippen molar-refractivity contribution in [3.8, 4) is 11.1 Å². The van der Waals surface area contributed by atoms with Crippen LogP contribution in [0.25, 0.3) is 11.1 Å². The monoisotopic (exact) mass is 491 g/mol. The highest BCUT2D eigenvalue weighted by molar-refractivity contribution is 6.05. The summed E-state index contributed by atoms with van der Waals surface area (Å²) in [5, 5.41) is 3.00. The van der Waals surface area contributed by atoms with E-state index in [0.717, 1.165) is 16.7 Å². The molecule has 36 heavy (non-hydrogen) atoms. The number of carbonyl (C=O) groups excluding carboxylic acids is 1. The molecule has 9 heteroatoms. The summed E-state index contributed by atoms with van der Waals surface area (Å²) in [6.45, 7) is 5.83. The Labute approximate surface area is 211 Å². The molecule has 2 aromatic heterocycles. The first-order valence-corrected chi connectivity index (χ1v) is 12.0. The molecule has 0 unspecified atom stereocenters. The van der Waals surface area contributed by atoms with Crippen molar-refractivity contribution in [1.29, 1.82) is 0 Å². The van der Waals surface area contributed by atoms with E-state index in [1.807, 2.05) is 49.3 Å². The number of nitrogens with zero attached hydrogens (tertiary/aromatic N) is 4. The van der Waals surface area contributed by atoms with Crippen molar-refractivity contribution in [1.82, 2.24) is 9.55 Å². The Hall–Kier alpha value is -3.69. The van der Waals surface area contributed by atoms with Gasteiger partial charge in [0.05, 0.1) is 19.8 Å². The summed E-state index contributed by atoms with van der Waals surface area (Å²) >= 11 is 0. The van der Waals surface area contributed by atoms with Gasteiger partial charge in [0.2, 0.25) is 0 Å². The number of hydrogen-bond donors (Lipinski definition) is 1. The van der Waals surface area contributed by atoms with Gasteiger partial charge in [-0.05, 0) is 48.4 Å². The van der Waals surface area contributed by atoms with Gasteiger partial charge in [-0.1, -0.05) is 6.07 Å². The van der Waals surface area contributed by atoms with Crippen LogP contribution in [0.3, 0.4) is 0 Å². The van der Waals surface area contributed by atoms with E-state index in [2.05, 4.69) is 15.2 Å². The topological polar surface area (TPSA) is 88.9 Å². The Kier molecular flexibility index (Phi) is 8.02. The number of morpholine rings is 1. The predicted molar refractivity (Wildman–Crippen MR) is 142 cm³/mol. The molecule has 0 spiro atoms. The molecule has 190 valence electrons. The fourth-order valence-electron chi connectivity index (χ4n) is 4.20. The normalized spacial score (nSPS) is 13.5. The molecule has 3 heterocycles. The first-order chi connectivity index (χ1) is 17.4. The highest BCUT2D eigenvalue weighted by Gasteiger charge is 2.18. The number of pyridine rings is 2. The number of carbonyl (C=O) groups is 1. The Morgan fingerprint density at radius 3 is 2.72 bits per heavy atom. The van der Waals surface area contributed by atoms with E-state index in [1.165, 1.54) is 0 Å². The summed E-state index contributed by atoms with van der Waals surface area (Å²) in [5.74, 6) is 0.480. The second-order valence-corrected chi connectivity index (χ2v) is 8.93. The van der Waals surface area contributed by atoms with Crippen LogP contribution in [-0.4, -0.2) is 69.1 Å². The van der Waals surface area contributed by atoms with Gasteiger partial charge in [0, 0.05) is 70.0 Å². The van der Waals surface area contributed by atoms with E-state index in [9.17, 15) is 9.59 Å². The van der Waals surface area contributed by atoms with E-state index in [1.54, 1.807) is 37.1 Å². The summed E-state index contributed by atoms with van der Waals surface area (Å²) in [6.07, 6.45) is 3.47. The molecule has 3 aromatic rings. The van der Waals surface area contributed by atoms with Crippen LogP contribution in [-0.2, 0) is 16.5 Å². The molecule has 1 saturated heterocycles. The number of aryl methyl sites for hydroxylation is 2. The summed E-state index contributed by atoms with van der Waals surface area (Å²) < 4.78 is 12.2. The van der Waals surface area contributed by atoms with Crippen LogP contribution in [0.5, 0.6) is 0 Å².